The highest BCUT2D eigenvalue weighted by Gasteiger charge is 2.16. The van der Waals surface area contributed by atoms with Gasteiger partial charge in [0.15, 0.2) is 11.5 Å². The number of aryl methyl sites for hydroxylation is 1. The zero-order valence-corrected chi connectivity index (χ0v) is 17.0. The lowest BCUT2D eigenvalue weighted by atomic mass is 10.2. The molecular weight excluding hydrogens is 437 g/mol. The van der Waals surface area contributed by atoms with Gasteiger partial charge in [-0.1, -0.05) is 0 Å². The first-order chi connectivity index (χ1) is 11.4. The van der Waals surface area contributed by atoms with Gasteiger partial charge >= 0.3 is 0 Å². The van der Waals surface area contributed by atoms with Crippen molar-refractivity contribution in [2.75, 3.05) is 19.5 Å². The highest BCUT2D eigenvalue weighted by atomic mass is 127. The average Bonchev–Trinajstić information content (AvgIpc) is 2.57. The molecule has 1 atom stereocenters. The number of benzene rings is 2. The third kappa shape index (κ3) is 4.80. The molecule has 0 aliphatic rings. The number of anilines is 1. The van der Waals surface area contributed by atoms with Gasteiger partial charge in [-0.15, -0.1) is 11.8 Å². The smallest absolute Gasteiger partial charge is 0.237 e. The van der Waals surface area contributed by atoms with Crippen molar-refractivity contribution in [3.63, 3.8) is 0 Å². The van der Waals surface area contributed by atoms with Crippen LogP contribution < -0.4 is 14.8 Å². The van der Waals surface area contributed by atoms with Crippen molar-refractivity contribution in [2.24, 2.45) is 0 Å². The van der Waals surface area contributed by atoms with Gasteiger partial charge in [0.25, 0.3) is 0 Å². The molecule has 4 nitrogen and oxygen atoms in total. The van der Waals surface area contributed by atoms with E-state index in [2.05, 4.69) is 27.9 Å². The summed E-state index contributed by atoms with van der Waals surface area (Å²) in [7, 11) is 3.20. The second kappa shape index (κ2) is 8.62. The number of halogens is 1. The summed E-state index contributed by atoms with van der Waals surface area (Å²) in [5, 5.41) is 2.76. The number of nitrogens with one attached hydrogen (secondary N) is 1. The number of hydrogen-bond donors (Lipinski definition) is 1. The third-order valence-corrected chi connectivity index (χ3v) is 5.25. The maximum atomic E-state index is 12.4. The van der Waals surface area contributed by atoms with Gasteiger partial charge in [0.2, 0.25) is 5.91 Å². The van der Waals surface area contributed by atoms with Gasteiger partial charge in [-0.25, -0.2) is 0 Å². The van der Waals surface area contributed by atoms with E-state index >= 15 is 0 Å². The van der Waals surface area contributed by atoms with Crippen LogP contribution >= 0.6 is 34.4 Å². The number of hydrogen-bond acceptors (Lipinski definition) is 4. The molecule has 0 aliphatic carbocycles. The quantitative estimate of drug-likeness (QED) is 0.503. The summed E-state index contributed by atoms with van der Waals surface area (Å²) in [6.07, 6.45) is 0. The largest absolute Gasteiger partial charge is 0.493 e. The van der Waals surface area contributed by atoms with Crippen LogP contribution in [0.15, 0.2) is 41.3 Å². The van der Waals surface area contributed by atoms with E-state index in [4.69, 9.17) is 9.47 Å². The third-order valence-electron chi connectivity index (χ3n) is 3.48. The van der Waals surface area contributed by atoms with Crippen LogP contribution in [0.4, 0.5) is 5.69 Å². The Morgan fingerprint density at radius 3 is 2.46 bits per heavy atom. The first-order valence-electron chi connectivity index (χ1n) is 7.40. The minimum Gasteiger partial charge on any atom is -0.493 e. The maximum absolute atomic E-state index is 12.4. The van der Waals surface area contributed by atoms with Crippen LogP contribution in [0.2, 0.25) is 0 Å². The molecule has 0 spiro atoms. The number of carbonyl (C=O) groups is 1. The predicted octanol–water partition coefficient (Wildman–Crippen LogP) is 4.74. The molecule has 1 N–H and O–H groups in total. The molecule has 0 radical (unpaired) electrons. The topological polar surface area (TPSA) is 47.6 Å². The zero-order chi connectivity index (χ0) is 17.7. The Balaban J connectivity index is 2.06. The van der Waals surface area contributed by atoms with E-state index in [-0.39, 0.29) is 11.2 Å². The van der Waals surface area contributed by atoms with Crippen LogP contribution in [0.1, 0.15) is 12.5 Å². The molecule has 0 aliphatic heterocycles. The fourth-order valence-corrected chi connectivity index (χ4v) is 3.69. The first-order valence-corrected chi connectivity index (χ1v) is 9.36. The molecule has 0 bridgehead atoms. The Labute approximate surface area is 160 Å². The molecule has 0 aromatic heterocycles. The van der Waals surface area contributed by atoms with Crippen molar-refractivity contribution in [1.29, 1.82) is 0 Å². The molecular formula is C18H20INO3S. The van der Waals surface area contributed by atoms with E-state index < -0.39 is 0 Å². The number of amides is 1. The van der Waals surface area contributed by atoms with Gasteiger partial charge in [-0.05, 0) is 78.4 Å². The summed E-state index contributed by atoms with van der Waals surface area (Å²) in [6.45, 7) is 3.88. The zero-order valence-electron chi connectivity index (χ0n) is 14.1. The summed E-state index contributed by atoms with van der Waals surface area (Å²) in [4.78, 5) is 13.4. The Morgan fingerprint density at radius 1 is 1.12 bits per heavy atom. The van der Waals surface area contributed by atoms with Crippen LogP contribution in [-0.2, 0) is 4.79 Å². The number of rotatable bonds is 6. The Morgan fingerprint density at radius 2 is 1.83 bits per heavy atom. The first kappa shape index (κ1) is 18.9. The Hall–Kier alpha value is -1.41. The van der Waals surface area contributed by atoms with Gasteiger partial charge in [0.05, 0.1) is 19.5 Å². The number of methoxy groups -OCH3 is 2. The lowest BCUT2D eigenvalue weighted by molar-refractivity contribution is -0.115. The van der Waals surface area contributed by atoms with E-state index in [1.165, 1.54) is 11.8 Å². The van der Waals surface area contributed by atoms with Gasteiger partial charge < -0.3 is 14.8 Å². The fourth-order valence-electron chi connectivity index (χ4n) is 2.15. The van der Waals surface area contributed by atoms with E-state index in [0.29, 0.717) is 11.5 Å². The molecule has 2 rings (SSSR count). The standard InChI is InChI=1S/C18H20INO3S/c1-11-9-13(19)5-7-15(11)20-18(21)12(2)24-14-6-8-16(22-3)17(10-14)23-4/h5-10,12H,1-4H3,(H,20,21). The molecule has 128 valence electrons. The summed E-state index contributed by atoms with van der Waals surface area (Å²) >= 11 is 3.74. The summed E-state index contributed by atoms with van der Waals surface area (Å²) < 4.78 is 11.7. The number of carbonyl (C=O) groups excluding carboxylic acids is 1. The van der Waals surface area contributed by atoms with Crippen LogP contribution in [0.5, 0.6) is 11.5 Å². The van der Waals surface area contributed by atoms with Crippen LogP contribution in [0, 0.1) is 10.5 Å². The molecule has 0 fully saturated rings. The maximum Gasteiger partial charge on any atom is 0.237 e. The Bertz CT molecular complexity index is 736. The molecule has 1 unspecified atom stereocenters. The fraction of sp³-hybridized carbons (Fsp3) is 0.278. The summed E-state index contributed by atoms with van der Waals surface area (Å²) in [6, 6.07) is 11.6. The molecule has 0 saturated heterocycles. The molecule has 0 heterocycles. The van der Waals surface area contributed by atoms with Crippen LogP contribution in [0.25, 0.3) is 0 Å². The van der Waals surface area contributed by atoms with Crippen molar-refractivity contribution < 1.29 is 14.3 Å². The lowest BCUT2D eigenvalue weighted by Crippen LogP contribution is -2.22. The van der Waals surface area contributed by atoms with E-state index in [1.807, 2.05) is 50.2 Å². The van der Waals surface area contributed by atoms with Crippen molar-refractivity contribution >= 4 is 45.9 Å². The minimum absolute atomic E-state index is 0.0286. The van der Waals surface area contributed by atoms with E-state index in [1.54, 1.807) is 14.2 Å². The Kier molecular flexibility index (Phi) is 6.79. The highest BCUT2D eigenvalue weighted by molar-refractivity contribution is 14.1. The minimum atomic E-state index is -0.234. The van der Waals surface area contributed by atoms with Gasteiger partial charge in [-0.3, -0.25) is 4.79 Å². The number of ether oxygens (including phenoxy) is 2. The van der Waals surface area contributed by atoms with Gasteiger partial charge in [-0.2, -0.15) is 0 Å². The van der Waals surface area contributed by atoms with Crippen LogP contribution in [0.3, 0.4) is 0 Å². The normalized spacial score (nSPS) is 11.7. The SMILES string of the molecule is COc1ccc(SC(C)C(=O)Nc2ccc(I)cc2C)cc1OC. The second-order valence-corrected chi connectivity index (χ2v) is 7.89. The molecule has 0 saturated carbocycles. The molecule has 1 amide bonds. The summed E-state index contributed by atoms with van der Waals surface area (Å²) in [5.41, 5.74) is 1.90. The number of thioether (sulfide) groups is 1. The lowest BCUT2D eigenvalue weighted by Gasteiger charge is -2.15. The predicted molar refractivity (Wildman–Crippen MR) is 107 cm³/mol. The van der Waals surface area contributed by atoms with Crippen molar-refractivity contribution in [1.82, 2.24) is 0 Å². The summed E-state index contributed by atoms with van der Waals surface area (Å²) in [5.74, 6) is 1.30. The van der Waals surface area contributed by atoms with E-state index in [0.717, 1.165) is 19.7 Å². The molecule has 24 heavy (non-hydrogen) atoms. The van der Waals surface area contributed by atoms with Gasteiger partial charge in [0, 0.05) is 14.2 Å². The second-order valence-electron chi connectivity index (χ2n) is 5.23. The van der Waals surface area contributed by atoms with Crippen molar-refractivity contribution in [2.45, 2.75) is 24.0 Å². The monoisotopic (exact) mass is 457 g/mol. The molecule has 2 aromatic carbocycles. The van der Waals surface area contributed by atoms with Crippen molar-refractivity contribution in [3.05, 3.63) is 45.5 Å². The molecule has 6 heteroatoms. The van der Waals surface area contributed by atoms with Crippen molar-refractivity contribution in [3.8, 4) is 11.5 Å². The molecule has 2 aromatic rings. The van der Waals surface area contributed by atoms with Crippen LogP contribution in [-0.4, -0.2) is 25.4 Å². The highest BCUT2D eigenvalue weighted by Crippen LogP contribution is 2.33. The average molecular weight is 457 g/mol. The van der Waals surface area contributed by atoms with E-state index in [9.17, 15) is 4.79 Å². The van der Waals surface area contributed by atoms with Gasteiger partial charge in [0.1, 0.15) is 0 Å².